The van der Waals surface area contributed by atoms with Crippen LogP contribution in [-0.2, 0) is 6.18 Å². The molecule has 10 heteroatoms. The van der Waals surface area contributed by atoms with Crippen molar-refractivity contribution in [2.75, 3.05) is 13.2 Å². The molecule has 0 fully saturated rings. The summed E-state index contributed by atoms with van der Waals surface area (Å²) in [6.07, 6.45) is -4.62. The number of aliphatic hydroxyl groups is 1. The summed E-state index contributed by atoms with van der Waals surface area (Å²) in [6, 6.07) is 12.3. The summed E-state index contributed by atoms with van der Waals surface area (Å²) in [5.74, 6) is -0.294. The van der Waals surface area contributed by atoms with Crippen LogP contribution in [0.1, 0.15) is 16.6 Å². The third-order valence-corrected chi connectivity index (χ3v) is 5.90. The third kappa shape index (κ3) is 5.60. The first-order valence-corrected chi connectivity index (χ1v) is 10.4. The van der Waals surface area contributed by atoms with E-state index in [4.69, 9.17) is 15.6 Å². The van der Waals surface area contributed by atoms with Gasteiger partial charge in [0.2, 0.25) is 0 Å². The number of nitrogens with two attached hydrogens (primary N) is 1. The summed E-state index contributed by atoms with van der Waals surface area (Å²) in [5, 5.41) is 17.4. The second-order valence-electron chi connectivity index (χ2n) is 6.19. The first-order valence-electron chi connectivity index (χ1n) is 8.73. The quantitative estimate of drug-likeness (QED) is 0.472. The van der Waals surface area contributed by atoms with Crippen molar-refractivity contribution >= 4 is 23.1 Å². The molecule has 1 atom stereocenters. The third-order valence-electron chi connectivity index (χ3n) is 3.88. The van der Waals surface area contributed by atoms with E-state index < -0.39 is 17.8 Å². The minimum absolute atomic E-state index is 0.0731. The van der Waals surface area contributed by atoms with E-state index in [-0.39, 0.29) is 29.5 Å². The standard InChI is InChI=1S/C20H18F3N3O2S2/c1-12(29-14-5-3-2-4-6-14)11-28-17-8-7-13(9-15(17)20(21,22)23)18-25-26-19(30-18)16(24)10-27/h2-9,16,27H,1,10-11,24H2. The van der Waals surface area contributed by atoms with E-state index in [1.807, 2.05) is 30.3 Å². The van der Waals surface area contributed by atoms with Crippen molar-refractivity contribution in [3.8, 4) is 16.3 Å². The second-order valence-corrected chi connectivity index (χ2v) is 8.45. The largest absolute Gasteiger partial charge is 0.488 e. The Hall–Kier alpha value is -2.40. The summed E-state index contributed by atoms with van der Waals surface area (Å²) in [5.41, 5.74) is 5.00. The van der Waals surface area contributed by atoms with Gasteiger partial charge in [-0.15, -0.1) is 10.2 Å². The van der Waals surface area contributed by atoms with Crippen molar-refractivity contribution in [1.82, 2.24) is 10.2 Å². The van der Waals surface area contributed by atoms with Gasteiger partial charge in [-0.1, -0.05) is 47.9 Å². The highest BCUT2D eigenvalue weighted by Crippen LogP contribution is 2.40. The van der Waals surface area contributed by atoms with Crippen LogP contribution >= 0.6 is 23.1 Å². The van der Waals surface area contributed by atoms with Crippen LogP contribution in [0, 0.1) is 0 Å². The number of rotatable bonds is 8. The number of hydrogen-bond acceptors (Lipinski definition) is 7. The number of ether oxygens (including phenoxy) is 1. The van der Waals surface area contributed by atoms with Crippen LogP contribution in [0.3, 0.4) is 0 Å². The van der Waals surface area contributed by atoms with Gasteiger partial charge in [0.15, 0.2) is 0 Å². The maximum atomic E-state index is 13.6. The topological polar surface area (TPSA) is 81.3 Å². The lowest BCUT2D eigenvalue weighted by atomic mass is 10.1. The fourth-order valence-corrected chi connectivity index (χ4v) is 4.01. The summed E-state index contributed by atoms with van der Waals surface area (Å²) >= 11 is 2.36. The summed E-state index contributed by atoms with van der Waals surface area (Å²) in [4.78, 5) is 1.50. The average molecular weight is 454 g/mol. The highest BCUT2D eigenvalue weighted by molar-refractivity contribution is 8.03. The van der Waals surface area contributed by atoms with Gasteiger partial charge in [-0.25, -0.2) is 0 Å². The van der Waals surface area contributed by atoms with Gasteiger partial charge in [0, 0.05) is 15.4 Å². The van der Waals surface area contributed by atoms with Gasteiger partial charge in [-0.2, -0.15) is 13.2 Å². The van der Waals surface area contributed by atoms with Crippen molar-refractivity contribution < 1.29 is 23.0 Å². The predicted molar refractivity (Wildman–Crippen MR) is 111 cm³/mol. The molecule has 1 heterocycles. The zero-order chi connectivity index (χ0) is 21.7. The molecule has 0 spiro atoms. The van der Waals surface area contributed by atoms with Crippen LogP contribution in [0.4, 0.5) is 13.2 Å². The van der Waals surface area contributed by atoms with Gasteiger partial charge in [0.05, 0.1) is 18.2 Å². The molecule has 1 unspecified atom stereocenters. The van der Waals surface area contributed by atoms with Gasteiger partial charge >= 0.3 is 6.18 Å². The minimum Gasteiger partial charge on any atom is -0.488 e. The Morgan fingerprint density at radius 1 is 1.20 bits per heavy atom. The first kappa shape index (κ1) is 22.3. The molecule has 2 aromatic carbocycles. The molecule has 3 N–H and O–H groups in total. The Morgan fingerprint density at radius 3 is 2.60 bits per heavy atom. The van der Waals surface area contributed by atoms with E-state index in [9.17, 15) is 13.2 Å². The van der Waals surface area contributed by atoms with Crippen LogP contribution in [-0.4, -0.2) is 28.5 Å². The normalized spacial score (nSPS) is 12.6. The molecule has 5 nitrogen and oxygen atoms in total. The number of hydrogen-bond donors (Lipinski definition) is 2. The van der Waals surface area contributed by atoms with E-state index in [1.54, 1.807) is 0 Å². The Bertz CT molecular complexity index is 1010. The molecular formula is C20H18F3N3O2S2. The van der Waals surface area contributed by atoms with Gasteiger partial charge in [0.25, 0.3) is 0 Å². The van der Waals surface area contributed by atoms with Crippen molar-refractivity contribution in [2.24, 2.45) is 5.73 Å². The maximum absolute atomic E-state index is 13.6. The average Bonchev–Trinajstić information content (AvgIpc) is 3.22. The molecule has 3 aromatic rings. The van der Waals surface area contributed by atoms with Crippen molar-refractivity contribution in [1.29, 1.82) is 0 Å². The zero-order valence-electron chi connectivity index (χ0n) is 15.6. The smallest absolute Gasteiger partial charge is 0.419 e. The van der Waals surface area contributed by atoms with Gasteiger partial charge in [0.1, 0.15) is 22.4 Å². The highest BCUT2D eigenvalue weighted by Gasteiger charge is 2.35. The minimum atomic E-state index is -4.62. The number of alkyl halides is 3. The van der Waals surface area contributed by atoms with E-state index in [0.29, 0.717) is 9.91 Å². The molecule has 0 amide bonds. The Labute approximate surface area is 179 Å². The maximum Gasteiger partial charge on any atom is 0.419 e. The molecule has 30 heavy (non-hydrogen) atoms. The molecule has 0 aliphatic rings. The number of aliphatic hydroxyl groups excluding tert-OH is 1. The van der Waals surface area contributed by atoms with E-state index in [0.717, 1.165) is 22.3 Å². The molecule has 0 aliphatic heterocycles. The van der Waals surface area contributed by atoms with Crippen LogP contribution in [0.5, 0.6) is 5.75 Å². The molecule has 0 aliphatic carbocycles. The number of benzene rings is 2. The molecule has 0 radical (unpaired) electrons. The monoisotopic (exact) mass is 453 g/mol. The molecular weight excluding hydrogens is 435 g/mol. The van der Waals surface area contributed by atoms with E-state index in [2.05, 4.69) is 16.8 Å². The molecule has 1 aromatic heterocycles. The SMILES string of the molecule is C=C(COc1ccc(-c2nnc(C(N)CO)s2)cc1C(F)(F)F)Sc1ccccc1. The first-order chi connectivity index (χ1) is 14.3. The van der Waals surface area contributed by atoms with Gasteiger partial charge in [-0.3, -0.25) is 0 Å². The van der Waals surface area contributed by atoms with Crippen molar-refractivity contribution in [2.45, 2.75) is 17.1 Å². The fourth-order valence-electron chi connectivity index (χ4n) is 2.43. The Balaban J connectivity index is 1.78. The highest BCUT2D eigenvalue weighted by atomic mass is 32.2. The molecule has 158 valence electrons. The summed E-state index contributed by atoms with van der Waals surface area (Å²) in [6.45, 7) is 3.45. The van der Waals surface area contributed by atoms with Gasteiger partial charge in [-0.05, 0) is 30.3 Å². The molecule has 3 rings (SSSR count). The second kappa shape index (κ2) is 9.61. The van der Waals surface area contributed by atoms with E-state index >= 15 is 0 Å². The lowest BCUT2D eigenvalue weighted by molar-refractivity contribution is -0.138. The molecule has 0 saturated heterocycles. The Morgan fingerprint density at radius 2 is 1.93 bits per heavy atom. The van der Waals surface area contributed by atoms with Gasteiger partial charge < -0.3 is 15.6 Å². The predicted octanol–water partition coefficient (Wildman–Crippen LogP) is 4.90. The lowest BCUT2D eigenvalue weighted by Gasteiger charge is -2.15. The van der Waals surface area contributed by atoms with Crippen molar-refractivity contribution in [3.63, 3.8) is 0 Å². The van der Waals surface area contributed by atoms with Crippen LogP contribution in [0.25, 0.3) is 10.6 Å². The van der Waals surface area contributed by atoms with Crippen LogP contribution in [0.15, 0.2) is 64.9 Å². The van der Waals surface area contributed by atoms with Crippen LogP contribution in [0.2, 0.25) is 0 Å². The zero-order valence-corrected chi connectivity index (χ0v) is 17.2. The fraction of sp³-hybridized carbons (Fsp3) is 0.200. The molecule has 0 saturated carbocycles. The van der Waals surface area contributed by atoms with Crippen molar-refractivity contribution in [3.05, 3.63) is 70.6 Å². The summed E-state index contributed by atoms with van der Waals surface area (Å²) < 4.78 is 46.3. The summed E-state index contributed by atoms with van der Waals surface area (Å²) in [7, 11) is 0. The lowest BCUT2D eigenvalue weighted by Crippen LogP contribution is -2.13. The number of nitrogens with zero attached hydrogens (tertiary/aromatic N) is 2. The number of thioether (sulfide) groups is 1. The number of aromatic nitrogens is 2. The number of halogens is 3. The Kier molecular flexibility index (Phi) is 7.14. The molecule has 0 bridgehead atoms. The van der Waals surface area contributed by atoms with E-state index in [1.165, 1.54) is 23.9 Å². The van der Waals surface area contributed by atoms with Crippen LogP contribution < -0.4 is 10.5 Å².